The van der Waals surface area contributed by atoms with Crippen molar-refractivity contribution >= 4 is 11.6 Å². The lowest BCUT2D eigenvalue weighted by molar-refractivity contribution is 0.443. The zero-order valence-electron chi connectivity index (χ0n) is 10.3. The van der Waals surface area contributed by atoms with E-state index in [0.717, 1.165) is 17.1 Å². The number of hydrogen-bond acceptors (Lipinski definition) is 2. The van der Waals surface area contributed by atoms with Crippen LogP contribution in [0.4, 0.5) is 4.39 Å². The number of aryl methyl sites for hydroxylation is 1. The van der Waals surface area contributed by atoms with Crippen LogP contribution in [-0.4, -0.2) is 0 Å². The quantitative estimate of drug-likeness (QED) is 0.897. The number of halogens is 2. The maximum absolute atomic E-state index is 13.3. The van der Waals surface area contributed by atoms with Gasteiger partial charge in [-0.3, -0.25) is 0 Å². The van der Waals surface area contributed by atoms with Crippen molar-refractivity contribution in [3.63, 3.8) is 0 Å². The smallest absolute Gasteiger partial charge is 0.142 e. The average molecular weight is 268 g/mol. The van der Waals surface area contributed by atoms with E-state index >= 15 is 0 Å². The lowest BCUT2D eigenvalue weighted by Crippen LogP contribution is -2.17. The van der Waals surface area contributed by atoms with Gasteiger partial charge in [0.2, 0.25) is 0 Å². The average Bonchev–Trinajstić information content (AvgIpc) is 2.75. The molecule has 1 unspecified atom stereocenters. The Hall–Kier alpha value is -1.32. The molecule has 0 aliphatic carbocycles. The molecule has 0 amide bonds. The van der Waals surface area contributed by atoms with Crippen LogP contribution in [0.25, 0.3) is 0 Å². The van der Waals surface area contributed by atoms with E-state index in [0.29, 0.717) is 6.54 Å². The molecule has 0 saturated carbocycles. The third kappa shape index (κ3) is 3.12. The van der Waals surface area contributed by atoms with Gasteiger partial charge in [-0.2, -0.15) is 0 Å². The first kappa shape index (κ1) is 13.1. The molecular formula is C14H15ClFNO. The van der Waals surface area contributed by atoms with E-state index in [1.165, 1.54) is 6.07 Å². The van der Waals surface area contributed by atoms with Crippen LogP contribution in [0.15, 0.2) is 34.7 Å². The summed E-state index contributed by atoms with van der Waals surface area (Å²) in [5.74, 6) is 1.36. The molecule has 2 aromatic rings. The zero-order chi connectivity index (χ0) is 13.1. The normalized spacial score (nSPS) is 12.7. The summed E-state index contributed by atoms with van der Waals surface area (Å²) >= 11 is 5.65. The number of furan rings is 1. The first-order valence-corrected chi connectivity index (χ1v) is 6.17. The third-order valence-corrected chi connectivity index (χ3v) is 3.13. The van der Waals surface area contributed by atoms with Crippen LogP contribution >= 0.6 is 11.6 Å². The molecule has 2 rings (SSSR count). The molecule has 0 saturated heterocycles. The number of hydrogen-bond donors (Lipinski definition) is 1. The van der Waals surface area contributed by atoms with E-state index < -0.39 is 5.82 Å². The molecule has 4 heteroatoms. The molecular weight excluding hydrogens is 253 g/mol. The van der Waals surface area contributed by atoms with Gasteiger partial charge in [0.05, 0.1) is 11.6 Å². The summed E-state index contributed by atoms with van der Waals surface area (Å²) in [4.78, 5) is 0. The van der Waals surface area contributed by atoms with Gasteiger partial charge in [-0.1, -0.05) is 17.7 Å². The van der Waals surface area contributed by atoms with Crippen molar-refractivity contribution in [3.05, 3.63) is 58.3 Å². The molecule has 18 heavy (non-hydrogen) atoms. The summed E-state index contributed by atoms with van der Waals surface area (Å²) < 4.78 is 18.8. The van der Waals surface area contributed by atoms with Crippen molar-refractivity contribution in [1.82, 2.24) is 5.32 Å². The fraction of sp³-hybridized carbons (Fsp3) is 0.286. The molecule has 0 aliphatic heterocycles. The van der Waals surface area contributed by atoms with Gasteiger partial charge in [-0.15, -0.1) is 0 Å². The van der Waals surface area contributed by atoms with E-state index in [4.69, 9.17) is 16.0 Å². The summed E-state index contributed by atoms with van der Waals surface area (Å²) in [5, 5.41) is 3.42. The van der Waals surface area contributed by atoms with Crippen LogP contribution in [0, 0.1) is 12.7 Å². The highest BCUT2D eigenvalue weighted by Gasteiger charge is 2.09. The molecule has 1 atom stereocenters. The van der Waals surface area contributed by atoms with E-state index in [-0.39, 0.29) is 11.1 Å². The van der Waals surface area contributed by atoms with E-state index in [1.54, 1.807) is 6.07 Å². The molecule has 96 valence electrons. The van der Waals surface area contributed by atoms with E-state index in [1.807, 2.05) is 32.0 Å². The minimum atomic E-state index is -0.392. The van der Waals surface area contributed by atoms with Gasteiger partial charge in [0.25, 0.3) is 0 Å². The number of benzene rings is 1. The topological polar surface area (TPSA) is 25.2 Å². The van der Waals surface area contributed by atoms with Crippen molar-refractivity contribution in [2.45, 2.75) is 26.4 Å². The van der Waals surface area contributed by atoms with E-state index in [9.17, 15) is 4.39 Å². The van der Waals surface area contributed by atoms with Gasteiger partial charge >= 0.3 is 0 Å². The Morgan fingerprint density at radius 3 is 2.72 bits per heavy atom. The minimum absolute atomic E-state index is 0.0298. The first-order chi connectivity index (χ1) is 8.56. The highest BCUT2D eigenvalue weighted by molar-refractivity contribution is 6.30. The molecule has 0 bridgehead atoms. The van der Waals surface area contributed by atoms with E-state index in [2.05, 4.69) is 5.32 Å². The molecule has 1 aromatic carbocycles. The summed E-state index contributed by atoms with van der Waals surface area (Å²) in [7, 11) is 0. The van der Waals surface area contributed by atoms with Gasteiger partial charge in [-0.05, 0) is 43.7 Å². The lowest BCUT2D eigenvalue weighted by Gasteiger charge is -2.13. The second-order valence-corrected chi connectivity index (χ2v) is 4.70. The van der Waals surface area contributed by atoms with Crippen LogP contribution in [0.5, 0.6) is 0 Å². The standard InChI is InChI=1S/C14H15ClFNO/c1-9-3-5-12(18-9)8-17-10(2)11-4-6-13(15)14(16)7-11/h3-7,10,17H,8H2,1-2H3. The van der Waals surface area contributed by atoms with Crippen molar-refractivity contribution in [2.24, 2.45) is 0 Å². The van der Waals surface area contributed by atoms with Crippen LogP contribution in [0.3, 0.4) is 0 Å². The Morgan fingerprint density at radius 1 is 1.33 bits per heavy atom. The lowest BCUT2D eigenvalue weighted by atomic mass is 10.1. The van der Waals surface area contributed by atoms with Crippen molar-refractivity contribution in [2.75, 3.05) is 0 Å². The van der Waals surface area contributed by atoms with Gasteiger partial charge in [-0.25, -0.2) is 4.39 Å². The number of rotatable bonds is 4. The summed E-state index contributed by atoms with van der Waals surface area (Å²) in [6.45, 7) is 4.49. The van der Waals surface area contributed by atoms with Crippen molar-refractivity contribution in [1.29, 1.82) is 0 Å². The second-order valence-electron chi connectivity index (χ2n) is 4.29. The SMILES string of the molecule is Cc1ccc(CNC(C)c2ccc(Cl)c(F)c2)o1. The third-order valence-electron chi connectivity index (χ3n) is 2.82. The number of nitrogens with one attached hydrogen (secondary N) is 1. The zero-order valence-corrected chi connectivity index (χ0v) is 11.1. The maximum atomic E-state index is 13.3. The molecule has 2 nitrogen and oxygen atoms in total. The summed E-state index contributed by atoms with van der Waals surface area (Å²) in [6.07, 6.45) is 0. The summed E-state index contributed by atoms with van der Waals surface area (Å²) in [5.41, 5.74) is 0.861. The predicted octanol–water partition coefficient (Wildman–Crippen LogP) is 4.23. The van der Waals surface area contributed by atoms with Crippen LogP contribution < -0.4 is 5.32 Å². The Bertz CT molecular complexity index is 538. The Labute approximate surface area is 111 Å². The van der Waals surface area contributed by atoms with Gasteiger partial charge in [0.15, 0.2) is 0 Å². The molecule has 1 N–H and O–H groups in total. The molecule has 0 radical (unpaired) electrons. The molecule has 0 aliphatic rings. The fourth-order valence-corrected chi connectivity index (χ4v) is 1.85. The molecule has 1 aromatic heterocycles. The molecule has 0 spiro atoms. The Morgan fingerprint density at radius 2 is 2.11 bits per heavy atom. The van der Waals surface area contributed by atoms with Gasteiger partial charge < -0.3 is 9.73 Å². The highest BCUT2D eigenvalue weighted by Crippen LogP contribution is 2.20. The maximum Gasteiger partial charge on any atom is 0.142 e. The summed E-state index contributed by atoms with van der Waals surface area (Å²) in [6, 6.07) is 8.72. The highest BCUT2D eigenvalue weighted by atomic mass is 35.5. The minimum Gasteiger partial charge on any atom is -0.465 e. The molecule has 0 fully saturated rings. The largest absolute Gasteiger partial charge is 0.465 e. The Balaban J connectivity index is 1.99. The molecule has 1 heterocycles. The van der Waals surface area contributed by atoms with Gasteiger partial charge in [0.1, 0.15) is 17.3 Å². The van der Waals surface area contributed by atoms with Crippen molar-refractivity contribution < 1.29 is 8.81 Å². The fourth-order valence-electron chi connectivity index (χ4n) is 1.73. The van der Waals surface area contributed by atoms with Crippen LogP contribution in [-0.2, 0) is 6.54 Å². The predicted molar refractivity (Wildman–Crippen MR) is 70.1 cm³/mol. The first-order valence-electron chi connectivity index (χ1n) is 5.80. The van der Waals surface area contributed by atoms with Gasteiger partial charge in [0, 0.05) is 6.04 Å². The second kappa shape index (κ2) is 5.55. The Kier molecular flexibility index (Phi) is 4.04. The van der Waals surface area contributed by atoms with Crippen LogP contribution in [0.1, 0.15) is 30.0 Å². The van der Waals surface area contributed by atoms with Crippen molar-refractivity contribution in [3.8, 4) is 0 Å². The monoisotopic (exact) mass is 267 g/mol. The van der Waals surface area contributed by atoms with Crippen LogP contribution in [0.2, 0.25) is 5.02 Å².